The highest BCUT2D eigenvalue weighted by molar-refractivity contribution is 5.95. The first-order valence-electron chi connectivity index (χ1n) is 5.66. The Morgan fingerprint density at radius 2 is 2.16 bits per heavy atom. The zero-order valence-corrected chi connectivity index (χ0v) is 10.6. The van der Waals surface area contributed by atoms with E-state index in [9.17, 15) is 13.6 Å². The van der Waals surface area contributed by atoms with Gasteiger partial charge in [-0.05, 0) is 19.1 Å². The predicted molar refractivity (Wildman–Crippen MR) is 68.7 cm³/mol. The number of hydrogen-bond acceptors (Lipinski definition) is 3. The SMILES string of the molecule is C=C(C)COCCNC(=O)c1cc(F)cc(N)c1F. The highest BCUT2D eigenvalue weighted by Gasteiger charge is 2.15. The molecular formula is C13H16F2N2O2. The minimum absolute atomic E-state index is 0.183. The van der Waals surface area contributed by atoms with E-state index in [-0.39, 0.29) is 13.2 Å². The number of carbonyl (C=O) groups is 1. The van der Waals surface area contributed by atoms with E-state index in [1.165, 1.54) is 0 Å². The summed E-state index contributed by atoms with van der Waals surface area (Å²) in [6.07, 6.45) is 0. The van der Waals surface area contributed by atoms with Crippen molar-refractivity contribution in [2.24, 2.45) is 0 Å². The van der Waals surface area contributed by atoms with Gasteiger partial charge in [0, 0.05) is 6.54 Å². The van der Waals surface area contributed by atoms with Crippen LogP contribution in [0, 0.1) is 11.6 Å². The van der Waals surface area contributed by atoms with Gasteiger partial charge in [-0.1, -0.05) is 12.2 Å². The van der Waals surface area contributed by atoms with Gasteiger partial charge in [0.1, 0.15) is 5.82 Å². The Balaban J connectivity index is 2.52. The number of nitrogens with two attached hydrogens (primary N) is 1. The molecule has 0 aliphatic heterocycles. The summed E-state index contributed by atoms with van der Waals surface area (Å²) in [5.74, 6) is -2.42. The zero-order valence-electron chi connectivity index (χ0n) is 10.6. The molecule has 0 heterocycles. The summed E-state index contributed by atoms with van der Waals surface area (Å²) < 4.78 is 31.7. The summed E-state index contributed by atoms with van der Waals surface area (Å²) in [6.45, 7) is 6.28. The van der Waals surface area contributed by atoms with Crippen molar-refractivity contribution in [2.75, 3.05) is 25.5 Å². The monoisotopic (exact) mass is 270 g/mol. The molecule has 0 aromatic heterocycles. The van der Waals surface area contributed by atoms with Crippen LogP contribution in [-0.2, 0) is 4.74 Å². The van der Waals surface area contributed by atoms with Crippen molar-refractivity contribution >= 4 is 11.6 Å². The molecule has 1 rings (SSSR count). The molecule has 1 aromatic carbocycles. The zero-order chi connectivity index (χ0) is 14.4. The molecule has 0 saturated heterocycles. The molecule has 104 valence electrons. The van der Waals surface area contributed by atoms with Crippen molar-refractivity contribution in [3.63, 3.8) is 0 Å². The average Bonchev–Trinajstić information content (AvgIpc) is 2.32. The van der Waals surface area contributed by atoms with Crippen LogP contribution in [0.3, 0.4) is 0 Å². The maximum Gasteiger partial charge on any atom is 0.254 e. The van der Waals surface area contributed by atoms with E-state index in [0.29, 0.717) is 6.61 Å². The third-order valence-corrected chi connectivity index (χ3v) is 2.19. The second kappa shape index (κ2) is 6.84. The first-order valence-corrected chi connectivity index (χ1v) is 5.66. The van der Waals surface area contributed by atoms with Crippen molar-refractivity contribution in [2.45, 2.75) is 6.92 Å². The molecule has 0 aliphatic rings. The molecule has 19 heavy (non-hydrogen) atoms. The average molecular weight is 270 g/mol. The van der Waals surface area contributed by atoms with Crippen molar-refractivity contribution in [1.29, 1.82) is 0 Å². The maximum absolute atomic E-state index is 13.5. The van der Waals surface area contributed by atoms with E-state index in [0.717, 1.165) is 17.7 Å². The number of ether oxygens (including phenoxy) is 1. The van der Waals surface area contributed by atoms with E-state index < -0.39 is 28.8 Å². The molecule has 0 bridgehead atoms. The quantitative estimate of drug-likeness (QED) is 0.471. The molecule has 0 radical (unpaired) electrons. The Morgan fingerprint density at radius 1 is 1.47 bits per heavy atom. The minimum Gasteiger partial charge on any atom is -0.396 e. The van der Waals surface area contributed by atoms with Crippen LogP contribution in [0.4, 0.5) is 14.5 Å². The van der Waals surface area contributed by atoms with E-state index in [2.05, 4.69) is 11.9 Å². The van der Waals surface area contributed by atoms with Gasteiger partial charge in [0.25, 0.3) is 5.91 Å². The summed E-state index contributed by atoms with van der Waals surface area (Å²) in [4.78, 5) is 11.6. The number of carbonyl (C=O) groups excluding carboxylic acids is 1. The maximum atomic E-state index is 13.5. The highest BCUT2D eigenvalue weighted by atomic mass is 19.1. The van der Waals surface area contributed by atoms with Crippen molar-refractivity contribution in [3.8, 4) is 0 Å². The van der Waals surface area contributed by atoms with Gasteiger partial charge in [-0.3, -0.25) is 4.79 Å². The molecule has 4 nitrogen and oxygen atoms in total. The Morgan fingerprint density at radius 3 is 2.79 bits per heavy atom. The molecule has 1 aromatic rings. The number of nitrogen functional groups attached to an aromatic ring is 1. The smallest absolute Gasteiger partial charge is 0.254 e. The number of halogens is 2. The van der Waals surface area contributed by atoms with E-state index in [4.69, 9.17) is 10.5 Å². The van der Waals surface area contributed by atoms with Crippen LogP contribution in [0.2, 0.25) is 0 Å². The van der Waals surface area contributed by atoms with Crippen LogP contribution in [0.1, 0.15) is 17.3 Å². The summed E-state index contributed by atoms with van der Waals surface area (Å²) in [5, 5.41) is 2.41. The first-order chi connectivity index (χ1) is 8.91. The molecule has 0 unspecified atom stereocenters. The van der Waals surface area contributed by atoms with Crippen LogP contribution in [0.15, 0.2) is 24.3 Å². The summed E-state index contributed by atoms with van der Waals surface area (Å²) in [5.41, 5.74) is 5.28. The number of benzene rings is 1. The lowest BCUT2D eigenvalue weighted by atomic mass is 10.1. The lowest BCUT2D eigenvalue weighted by Crippen LogP contribution is -2.28. The van der Waals surface area contributed by atoms with Crippen LogP contribution in [0.25, 0.3) is 0 Å². The van der Waals surface area contributed by atoms with E-state index >= 15 is 0 Å². The molecule has 3 N–H and O–H groups in total. The van der Waals surface area contributed by atoms with Gasteiger partial charge in [-0.2, -0.15) is 0 Å². The number of rotatable bonds is 6. The second-order valence-corrected chi connectivity index (χ2v) is 4.12. The predicted octanol–water partition coefficient (Wildman–Crippen LogP) is 1.87. The molecule has 0 fully saturated rings. The highest BCUT2D eigenvalue weighted by Crippen LogP contribution is 2.17. The van der Waals surface area contributed by atoms with Gasteiger partial charge in [-0.25, -0.2) is 8.78 Å². The van der Waals surface area contributed by atoms with Gasteiger partial charge < -0.3 is 15.8 Å². The Hall–Kier alpha value is -1.95. The number of anilines is 1. The topological polar surface area (TPSA) is 64.3 Å². The molecule has 1 amide bonds. The lowest BCUT2D eigenvalue weighted by molar-refractivity contribution is 0.0922. The fourth-order valence-electron chi connectivity index (χ4n) is 1.35. The Bertz CT molecular complexity index is 490. The normalized spacial score (nSPS) is 10.3. The fraction of sp³-hybridized carbons (Fsp3) is 0.308. The Kier molecular flexibility index (Phi) is 5.44. The van der Waals surface area contributed by atoms with Gasteiger partial charge in [-0.15, -0.1) is 0 Å². The molecule has 0 saturated carbocycles. The van der Waals surface area contributed by atoms with E-state index in [1.54, 1.807) is 0 Å². The number of amides is 1. The van der Waals surface area contributed by atoms with Gasteiger partial charge >= 0.3 is 0 Å². The van der Waals surface area contributed by atoms with Crippen molar-refractivity contribution in [1.82, 2.24) is 5.32 Å². The summed E-state index contributed by atoms with van der Waals surface area (Å²) >= 11 is 0. The second-order valence-electron chi connectivity index (χ2n) is 4.12. The van der Waals surface area contributed by atoms with Gasteiger partial charge in [0.05, 0.1) is 24.5 Å². The van der Waals surface area contributed by atoms with Gasteiger partial charge in [0.15, 0.2) is 5.82 Å². The van der Waals surface area contributed by atoms with Crippen LogP contribution < -0.4 is 11.1 Å². The molecular weight excluding hydrogens is 254 g/mol. The largest absolute Gasteiger partial charge is 0.396 e. The van der Waals surface area contributed by atoms with Crippen molar-refractivity contribution < 1.29 is 18.3 Å². The molecule has 0 atom stereocenters. The fourth-order valence-corrected chi connectivity index (χ4v) is 1.35. The molecule has 6 heteroatoms. The van der Waals surface area contributed by atoms with Crippen molar-refractivity contribution in [3.05, 3.63) is 41.5 Å². The summed E-state index contributed by atoms with van der Waals surface area (Å²) in [7, 11) is 0. The van der Waals surface area contributed by atoms with Crippen LogP contribution >= 0.6 is 0 Å². The number of hydrogen-bond donors (Lipinski definition) is 2. The van der Waals surface area contributed by atoms with Crippen LogP contribution in [-0.4, -0.2) is 25.7 Å². The van der Waals surface area contributed by atoms with E-state index in [1.807, 2.05) is 6.92 Å². The number of nitrogens with one attached hydrogen (secondary N) is 1. The minimum atomic E-state index is -0.929. The van der Waals surface area contributed by atoms with Crippen LogP contribution in [0.5, 0.6) is 0 Å². The summed E-state index contributed by atoms with van der Waals surface area (Å²) in [6, 6.07) is 1.62. The lowest BCUT2D eigenvalue weighted by Gasteiger charge is -2.08. The molecule has 0 aliphatic carbocycles. The third-order valence-electron chi connectivity index (χ3n) is 2.19. The third kappa shape index (κ3) is 4.67. The Labute approximate surface area is 110 Å². The first kappa shape index (κ1) is 15.1. The molecule has 0 spiro atoms. The standard InChI is InChI=1S/C13H16F2N2O2/c1-8(2)7-19-4-3-17-13(18)10-5-9(14)6-11(16)12(10)15/h5-6H,1,3-4,7,16H2,2H3,(H,17,18). The van der Waals surface area contributed by atoms with Gasteiger partial charge in [0.2, 0.25) is 0 Å².